The first-order valence-electron chi connectivity index (χ1n) is 33.7. The molecule has 3 aliphatic rings. The van der Waals surface area contributed by atoms with Crippen LogP contribution < -0.4 is 5.32 Å². The van der Waals surface area contributed by atoms with Crippen molar-refractivity contribution in [1.29, 1.82) is 0 Å². The van der Waals surface area contributed by atoms with Crippen molar-refractivity contribution in [2.45, 2.75) is 324 Å². The summed E-state index contributed by atoms with van der Waals surface area (Å²) in [5, 5.41) is 120. The van der Waals surface area contributed by atoms with Crippen molar-refractivity contribution in [2.75, 3.05) is 26.4 Å². The van der Waals surface area contributed by atoms with E-state index in [1.54, 1.807) is 6.08 Å². The molecule has 0 saturated carbocycles. The Morgan fingerprint density at radius 2 is 0.805 bits per heavy atom. The van der Waals surface area contributed by atoms with Gasteiger partial charge in [-0.05, 0) is 70.6 Å². The lowest BCUT2D eigenvalue weighted by Gasteiger charge is -2.48. The highest BCUT2D eigenvalue weighted by Crippen LogP contribution is 2.33. The van der Waals surface area contributed by atoms with E-state index < -0.39 is 124 Å². The molecule has 3 rings (SSSR count). The van der Waals surface area contributed by atoms with Gasteiger partial charge in [0.05, 0.1) is 38.6 Å². The van der Waals surface area contributed by atoms with Crippen LogP contribution in [0.3, 0.4) is 0 Å². The molecule has 0 bridgehead atoms. The lowest BCUT2D eigenvalue weighted by atomic mass is 9.96. The molecule has 3 fully saturated rings. The molecule has 3 saturated heterocycles. The van der Waals surface area contributed by atoms with Crippen molar-refractivity contribution in [2.24, 2.45) is 0 Å². The number of aliphatic hydroxyl groups is 11. The summed E-state index contributed by atoms with van der Waals surface area (Å²) in [5.74, 6) is -0.310. The number of unbranched alkanes of at least 4 members (excludes halogenated alkanes) is 24. The number of hydrogen-bond donors (Lipinski definition) is 12. The van der Waals surface area contributed by atoms with Crippen LogP contribution in [-0.2, 0) is 33.2 Å². The van der Waals surface area contributed by atoms with E-state index in [9.17, 15) is 61.0 Å². The average Bonchev–Trinajstić information content (AvgIpc) is 2.97. The van der Waals surface area contributed by atoms with Crippen LogP contribution >= 0.6 is 0 Å². The third kappa shape index (κ3) is 32.4. The maximum Gasteiger partial charge on any atom is 0.220 e. The lowest BCUT2D eigenvalue weighted by molar-refractivity contribution is -0.379. The number of hydrogen-bond acceptors (Lipinski definition) is 18. The zero-order valence-electron chi connectivity index (χ0n) is 53.0. The highest BCUT2D eigenvalue weighted by atomic mass is 16.8. The summed E-state index contributed by atoms with van der Waals surface area (Å²) in [5.41, 5.74) is 0. The van der Waals surface area contributed by atoms with Gasteiger partial charge in [-0.2, -0.15) is 0 Å². The summed E-state index contributed by atoms with van der Waals surface area (Å²) in [6, 6.07) is -1.01. The third-order valence-electron chi connectivity index (χ3n) is 16.5. The molecule has 17 atom stereocenters. The summed E-state index contributed by atoms with van der Waals surface area (Å²) < 4.78 is 34.3. The molecule has 0 aromatic carbocycles. The van der Waals surface area contributed by atoms with Crippen molar-refractivity contribution in [3.63, 3.8) is 0 Å². The first kappa shape index (κ1) is 78.5. The first-order valence-corrected chi connectivity index (χ1v) is 33.7. The Balaban J connectivity index is 1.47. The third-order valence-corrected chi connectivity index (χ3v) is 16.5. The normalized spacial score (nSPS) is 29.0. The Labute approximate surface area is 521 Å². The number of rotatable bonds is 50. The molecule has 0 spiro atoms. The van der Waals surface area contributed by atoms with E-state index in [-0.39, 0.29) is 18.9 Å². The predicted molar refractivity (Wildman–Crippen MR) is 337 cm³/mol. The fourth-order valence-corrected chi connectivity index (χ4v) is 11.0. The number of carbonyl (C=O) groups excluding carboxylic acids is 1. The van der Waals surface area contributed by atoms with E-state index in [4.69, 9.17) is 28.4 Å². The highest BCUT2D eigenvalue weighted by Gasteiger charge is 2.53. The minimum atomic E-state index is -1.99. The van der Waals surface area contributed by atoms with Crippen LogP contribution in [0.15, 0.2) is 72.9 Å². The summed E-state index contributed by atoms with van der Waals surface area (Å²) in [6.07, 6.45) is 34.6. The van der Waals surface area contributed by atoms with E-state index >= 15 is 0 Å². The molecule has 3 aliphatic heterocycles. The number of ether oxygens (including phenoxy) is 6. The van der Waals surface area contributed by atoms with E-state index in [0.717, 1.165) is 70.6 Å². The van der Waals surface area contributed by atoms with Gasteiger partial charge in [-0.15, -0.1) is 0 Å². The van der Waals surface area contributed by atoms with Crippen molar-refractivity contribution < 1.29 is 89.4 Å². The topological polar surface area (TPSA) is 307 Å². The Morgan fingerprint density at radius 1 is 0.425 bits per heavy atom. The highest BCUT2D eigenvalue weighted by molar-refractivity contribution is 5.76. The summed E-state index contributed by atoms with van der Waals surface area (Å²) in [6.45, 7) is 1.58. The molecule has 12 N–H and O–H groups in total. The monoisotopic (exact) mass is 1240 g/mol. The molecule has 0 radical (unpaired) electrons. The van der Waals surface area contributed by atoms with Crippen molar-refractivity contribution in [3.05, 3.63) is 72.9 Å². The van der Waals surface area contributed by atoms with Crippen molar-refractivity contribution in [3.8, 4) is 0 Å². The zero-order chi connectivity index (χ0) is 63.3. The first-order chi connectivity index (χ1) is 42.3. The molecule has 3 heterocycles. The Morgan fingerprint density at radius 3 is 1.29 bits per heavy atom. The van der Waals surface area contributed by atoms with Crippen LogP contribution in [0, 0.1) is 0 Å². The van der Waals surface area contributed by atoms with E-state index in [1.165, 1.54) is 116 Å². The van der Waals surface area contributed by atoms with Gasteiger partial charge in [-0.3, -0.25) is 4.79 Å². The minimum absolute atomic E-state index is 0.204. The van der Waals surface area contributed by atoms with Crippen LogP contribution in [0.25, 0.3) is 0 Å². The number of amides is 1. The molecule has 1 amide bonds. The van der Waals surface area contributed by atoms with Gasteiger partial charge in [0.2, 0.25) is 5.91 Å². The average molecular weight is 1240 g/mol. The quantitative estimate of drug-likeness (QED) is 0.0202. The fourth-order valence-electron chi connectivity index (χ4n) is 11.0. The minimum Gasteiger partial charge on any atom is -0.394 e. The number of carbonyl (C=O) groups is 1. The second-order valence-corrected chi connectivity index (χ2v) is 23.9. The van der Waals surface area contributed by atoms with E-state index in [2.05, 4.69) is 79.9 Å². The standard InChI is InChI=1S/C68H119NO18/c1-3-5-7-9-11-13-15-17-19-21-22-23-24-25-26-27-28-30-31-33-35-37-39-41-43-45-52(73)51(69-56(74)46-44-42-40-38-36-34-32-29-20-18-16-14-12-10-8-6-4-2)50-82-66-62(80)59(77)64(54(48-71)84-66)87-68-63(81)60(78)65(55(49-72)85-68)86-67-61(79)58(76)57(75)53(47-70)83-67/h6,8,12,14,18,20,32,34-35,37,43,45,51-55,57-68,70-73,75-81H,3-5,7,9-11,13,15-17,19,21-31,33,36,38-42,44,46-50H2,1-2H3,(H,69,74)/b8-6-,14-12-,20-18-,34-32-,37-35+,45-43+. The van der Waals surface area contributed by atoms with Crippen molar-refractivity contribution in [1.82, 2.24) is 5.32 Å². The van der Waals surface area contributed by atoms with Crippen molar-refractivity contribution >= 4 is 5.91 Å². The fraction of sp³-hybridized carbons (Fsp3) is 0.809. The van der Waals surface area contributed by atoms with Crippen LogP contribution in [0.1, 0.15) is 219 Å². The SMILES string of the molecule is CC/C=C\C/C=C\C/C=C\C/C=C\CCCCCCC(=O)NC(COC1OC(CO)C(OC2OC(CO)C(OC3OC(CO)C(O)C(O)C3O)C(O)C2O)C(O)C1O)C(O)/C=C/CC/C=C/CCCCCCCCCCCCCCCCCCCCC. The number of allylic oxidation sites excluding steroid dienone is 11. The van der Waals surface area contributed by atoms with Gasteiger partial charge in [0.15, 0.2) is 18.9 Å². The molecule has 87 heavy (non-hydrogen) atoms. The smallest absolute Gasteiger partial charge is 0.220 e. The van der Waals surface area contributed by atoms with Gasteiger partial charge in [-0.25, -0.2) is 0 Å². The second kappa shape index (κ2) is 49.9. The molecule has 0 aromatic heterocycles. The Hall–Kier alpha value is -2.77. The second-order valence-electron chi connectivity index (χ2n) is 23.9. The van der Waals surface area contributed by atoms with Gasteiger partial charge in [0.25, 0.3) is 0 Å². The van der Waals surface area contributed by atoms with Gasteiger partial charge in [0.1, 0.15) is 73.2 Å². The molecule has 19 nitrogen and oxygen atoms in total. The van der Waals surface area contributed by atoms with E-state index in [0.29, 0.717) is 12.8 Å². The van der Waals surface area contributed by atoms with Gasteiger partial charge >= 0.3 is 0 Å². The summed E-state index contributed by atoms with van der Waals surface area (Å²) >= 11 is 0. The predicted octanol–water partition coefficient (Wildman–Crippen LogP) is 8.16. The zero-order valence-corrected chi connectivity index (χ0v) is 53.0. The molecule has 504 valence electrons. The van der Waals surface area contributed by atoms with Gasteiger partial charge in [-0.1, -0.05) is 215 Å². The number of nitrogens with one attached hydrogen (secondary N) is 1. The lowest BCUT2D eigenvalue weighted by Crippen LogP contribution is -2.66. The van der Waals surface area contributed by atoms with Crippen LogP contribution in [0.4, 0.5) is 0 Å². The molecular weight excluding hydrogens is 1120 g/mol. The maximum atomic E-state index is 13.4. The number of aliphatic hydroxyl groups excluding tert-OH is 11. The maximum absolute atomic E-state index is 13.4. The molecule has 17 unspecified atom stereocenters. The summed E-state index contributed by atoms with van der Waals surface area (Å²) in [7, 11) is 0. The van der Waals surface area contributed by atoms with E-state index in [1.807, 2.05) is 6.08 Å². The molecule has 19 heteroatoms. The van der Waals surface area contributed by atoms with Gasteiger partial charge < -0.3 is 89.9 Å². The van der Waals surface area contributed by atoms with Crippen LogP contribution in [0.2, 0.25) is 0 Å². The van der Waals surface area contributed by atoms with Gasteiger partial charge in [0, 0.05) is 6.42 Å². The molecule has 0 aromatic rings. The Kier molecular flexibility index (Phi) is 45.0. The summed E-state index contributed by atoms with van der Waals surface area (Å²) in [4.78, 5) is 13.4. The van der Waals surface area contributed by atoms with Crippen LogP contribution in [-0.4, -0.2) is 193 Å². The molecule has 0 aliphatic carbocycles. The van der Waals surface area contributed by atoms with Crippen LogP contribution in [0.5, 0.6) is 0 Å². The Bertz CT molecular complexity index is 1860. The largest absolute Gasteiger partial charge is 0.394 e. The molecular formula is C68H119NO18.